The van der Waals surface area contributed by atoms with E-state index in [2.05, 4.69) is 9.97 Å². The van der Waals surface area contributed by atoms with E-state index in [-0.39, 0.29) is 10.6 Å². The van der Waals surface area contributed by atoms with Crippen LogP contribution in [-0.2, 0) is 6.18 Å². The Bertz CT molecular complexity index is 881. The summed E-state index contributed by atoms with van der Waals surface area (Å²) in [6, 6.07) is 8.09. The fourth-order valence-electron chi connectivity index (χ4n) is 2.25. The predicted molar refractivity (Wildman–Crippen MR) is 81.5 cm³/mol. The van der Waals surface area contributed by atoms with Gasteiger partial charge in [0.05, 0.1) is 18.2 Å². The first-order valence-corrected chi connectivity index (χ1v) is 6.95. The summed E-state index contributed by atoms with van der Waals surface area (Å²) < 4.78 is 43.9. The number of nitrogens with zero attached hydrogens (tertiary/aromatic N) is 2. The van der Waals surface area contributed by atoms with E-state index in [9.17, 15) is 13.2 Å². The maximum Gasteiger partial charge on any atom is 0.416 e. The van der Waals surface area contributed by atoms with Crippen LogP contribution < -0.4 is 4.74 Å². The van der Waals surface area contributed by atoms with Crippen molar-refractivity contribution >= 4 is 22.6 Å². The lowest BCUT2D eigenvalue weighted by atomic mass is 10.0. The summed E-state index contributed by atoms with van der Waals surface area (Å²) in [7, 11) is 1.46. The summed E-state index contributed by atoms with van der Waals surface area (Å²) in [6.45, 7) is 0. The van der Waals surface area contributed by atoms with E-state index in [1.165, 1.54) is 19.4 Å². The number of alkyl halides is 3. The van der Waals surface area contributed by atoms with E-state index in [4.69, 9.17) is 16.3 Å². The standard InChI is InChI=1S/C16H10ClF3N2O/c1-23-14-5-4-13-15(22-14)10(6-7-21-13)11-8-9(16(18,19)20)2-3-12(11)17/h2-8H,1H3. The van der Waals surface area contributed by atoms with Crippen LogP contribution in [0.25, 0.3) is 22.2 Å². The molecule has 23 heavy (non-hydrogen) atoms. The summed E-state index contributed by atoms with van der Waals surface area (Å²) in [5.41, 5.74) is 0.897. The second kappa shape index (κ2) is 5.70. The Morgan fingerprint density at radius 1 is 1.04 bits per heavy atom. The van der Waals surface area contributed by atoms with Gasteiger partial charge in [-0.05, 0) is 30.3 Å². The Labute approximate surface area is 134 Å². The molecule has 0 saturated heterocycles. The highest BCUT2D eigenvalue weighted by Gasteiger charge is 2.31. The van der Waals surface area contributed by atoms with Crippen molar-refractivity contribution in [3.05, 3.63) is 53.2 Å². The fourth-order valence-corrected chi connectivity index (χ4v) is 2.47. The summed E-state index contributed by atoms with van der Waals surface area (Å²) >= 11 is 6.11. The van der Waals surface area contributed by atoms with Crippen molar-refractivity contribution in [2.24, 2.45) is 0 Å². The normalized spacial score (nSPS) is 11.7. The molecular formula is C16H10ClF3N2O. The molecule has 0 fully saturated rings. The van der Waals surface area contributed by atoms with Crippen LogP contribution >= 0.6 is 11.6 Å². The first kappa shape index (κ1) is 15.6. The third kappa shape index (κ3) is 2.94. The second-order valence-electron chi connectivity index (χ2n) is 4.77. The van der Waals surface area contributed by atoms with Crippen molar-refractivity contribution in [3.63, 3.8) is 0 Å². The molecule has 7 heteroatoms. The van der Waals surface area contributed by atoms with Gasteiger partial charge in [0.15, 0.2) is 0 Å². The minimum Gasteiger partial charge on any atom is -0.481 e. The van der Waals surface area contributed by atoms with Crippen LogP contribution in [-0.4, -0.2) is 17.1 Å². The van der Waals surface area contributed by atoms with Gasteiger partial charge in [-0.1, -0.05) is 11.6 Å². The van der Waals surface area contributed by atoms with Gasteiger partial charge < -0.3 is 4.74 Å². The zero-order chi connectivity index (χ0) is 16.6. The monoisotopic (exact) mass is 338 g/mol. The number of methoxy groups -OCH3 is 1. The van der Waals surface area contributed by atoms with Gasteiger partial charge in [-0.15, -0.1) is 0 Å². The Morgan fingerprint density at radius 3 is 2.52 bits per heavy atom. The summed E-state index contributed by atoms with van der Waals surface area (Å²) in [5, 5.41) is 0.204. The highest BCUT2D eigenvalue weighted by atomic mass is 35.5. The van der Waals surface area contributed by atoms with Gasteiger partial charge in [0.1, 0.15) is 5.52 Å². The summed E-state index contributed by atoms with van der Waals surface area (Å²) in [4.78, 5) is 8.44. The number of fused-ring (bicyclic) bond motifs is 1. The number of benzene rings is 1. The number of aromatic nitrogens is 2. The van der Waals surface area contributed by atoms with Crippen LogP contribution in [0.5, 0.6) is 5.88 Å². The average molecular weight is 339 g/mol. The Morgan fingerprint density at radius 2 is 1.83 bits per heavy atom. The molecule has 0 aliphatic heterocycles. The molecule has 0 amide bonds. The molecule has 3 aromatic rings. The molecule has 0 saturated carbocycles. The largest absolute Gasteiger partial charge is 0.481 e. The zero-order valence-corrected chi connectivity index (χ0v) is 12.6. The van der Waals surface area contributed by atoms with Crippen LogP contribution in [0.15, 0.2) is 42.6 Å². The Hall–Kier alpha value is -2.34. The van der Waals surface area contributed by atoms with E-state index in [0.717, 1.165) is 12.1 Å². The summed E-state index contributed by atoms with van der Waals surface area (Å²) in [6.07, 6.45) is -2.95. The minimum atomic E-state index is -4.45. The zero-order valence-electron chi connectivity index (χ0n) is 11.9. The maximum absolute atomic E-state index is 13.0. The van der Waals surface area contributed by atoms with E-state index >= 15 is 0 Å². The summed E-state index contributed by atoms with van der Waals surface area (Å²) in [5.74, 6) is 0.342. The van der Waals surface area contributed by atoms with Gasteiger partial charge in [-0.3, -0.25) is 4.98 Å². The van der Waals surface area contributed by atoms with E-state index in [1.54, 1.807) is 18.2 Å². The molecule has 0 bridgehead atoms. The van der Waals surface area contributed by atoms with Crippen LogP contribution in [0.3, 0.4) is 0 Å². The van der Waals surface area contributed by atoms with Crippen molar-refractivity contribution < 1.29 is 17.9 Å². The molecule has 0 unspecified atom stereocenters. The van der Waals surface area contributed by atoms with Gasteiger partial charge in [0.2, 0.25) is 5.88 Å². The van der Waals surface area contributed by atoms with E-state index < -0.39 is 11.7 Å². The van der Waals surface area contributed by atoms with Crippen LogP contribution in [0.2, 0.25) is 5.02 Å². The van der Waals surface area contributed by atoms with Gasteiger partial charge in [-0.2, -0.15) is 13.2 Å². The fraction of sp³-hybridized carbons (Fsp3) is 0.125. The predicted octanol–water partition coefficient (Wildman–Crippen LogP) is 4.98. The van der Waals surface area contributed by atoms with Crippen molar-refractivity contribution in [2.75, 3.05) is 7.11 Å². The average Bonchev–Trinajstić information content (AvgIpc) is 2.53. The topological polar surface area (TPSA) is 35.0 Å². The Balaban J connectivity index is 2.28. The lowest BCUT2D eigenvalue weighted by molar-refractivity contribution is -0.137. The van der Waals surface area contributed by atoms with Gasteiger partial charge >= 0.3 is 6.18 Å². The lowest BCUT2D eigenvalue weighted by Crippen LogP contribution is -2.05. The molecule has 3 nitrogen and oxygen atoms in total. The molecular weight excluding hydrogens is 329 g/mol. The molecule has 2 aromatic heterocycles. The van der Waals surface area contributed by atoms with Crippen molar-refractivity contribution in [1.82, 2.24) is 9.97 Å². The number of ether oxygens (including phenoxy) is 1. The molecule has 118 valence electrons. The van der Waals surface area contributed by atoms with Crippen LogP contribution in [0, 0.1) is 0 Å². The smallest absolute Gasteiger partial charge is 0.416 e. The maximum atomic E-state index is 13.0. The van der Waals surface area contributed by atoms with Crippen molar-refractivity contribution in [1.29, 1.82) is 0 Å². The molecule has 0 N–H and O–H groups in total. The number of pyridine rings is 2. The molecule has 3 rings (SSSR count). The number of rotatable bonds is 2. The number of hydrogen-bond acceptors (Lipinski definition) is 3. The first-order chi connectivity index (χ1) is 10.9. The second-order valence-corrected chi connectivity index (χ2v) is 5.18. The number of halogens is 4. The first-order valence-electron chi connectivity index (χ1n) is 6.57. The molecule has 1 aromatic carbocycles. The van der Waals surface area contributed by atoms with E-state index in [0.29, 0.717) is 22.5 Å². The van der Waals surface area contributed by atoms with Crippen molar-refractivity contribution in [2.45, 2.75) is 6.18 Å². The van der Waals surface area contributed by atoms with Gasteiger partial charge in [0, 0.05) is 28.4 Å². The lowest BCUT2D eigenvalue weighted by Gasteiger charge is -2.12. The van der Waals surface area contributed by atoms with Crippen LogP contribution in [0.4, 0.5) is 13.2 Å². The molecule has 0 aliphatic carbocycles. The molecule has 0 atom stereocenters. The van der Waals surface area contributed by atoms with Gasteiger partial charge in [0.25, 0.3) is 0 Å². The van der Waals surface area contributed by atoms with E-state index in [1.807, 2.05) is 0 Å². The Kier molecular flexibility index (Phi) is 3.85. The molecule has 0 spiro atoms. The number of hydrogen-bond donors (Lipinski definition) is 0. The molecule has 0 radical (unpaired) electrons. The third-order valence-electron chi connectivity index (χ3n) is 3.35. The quantitative estimate of drug-likeness (QED) is 0.661. The van der Waals surface area contributed by atoms with Crippen molar-refractivity contribution in [3.8, 4) is 17.0 Å². The van der Waals surface area contributed by atoms with Gasteiger partial charge in [-0.25, -0.2) is 4.98 Å². The highest BCUT2D eigenvalue weighted by molar-refractivity contribution is 6.33. The minimum absolute atomic E-state index is 0.204. The highest BCUT2D eigenvalue weighted by Crippen LogP contribution is 2.37. The third-order valence-corrected chi connectivity index (χ3v) is 3.68. The van der Waals surface area contributed by atoms with Crippen LogP contribution in [0.1, 0.15) is 5.56 Å². The SMILES string of the molecule is COc1ccc2nccc(-c3cc(C(F)(F)F)ccc3Cl)c2n1. The molecule has 2 heterocycles. The molecule has 0 aliphatic rings.